The fourth-order valence-electron chi connectivity index (χ4n) is 5.15. The number of piperidine rings is 1. The van der Waals surface area contributed by atoms with E-state index in [-0.39, 0.29) is 5.91 Å². The summed E-state index contributed by atoms with van der Waals surface area (Å²) in [5.74, 6) is 0.794. The van der Waals surface area contributed by atoms with Crippen LogP contribution in [0.1, 0.15) is 53.2 Å². The molecule has 0 spiro atoms. The quantitative estimate of drug-likeness (QED) is 0.318. The molecule has 8 heteroatoms. The maximum absolute atomic E-state index is 12.7. The minimum absolute atomic E-state index is 0.0748. The van der Waals surface area contributed by atoms with Crippen molar-refractivity contribution in [3.63, 3.8) is 0 Å². The highest BCUT2D eigenvalue weighted by atomic mass is 79.9. The molecule has 0 saturated carbocycles. The van der Waals surface area contributed by atoms with E-state index in [9.17, 15) is 4.79 Å². The summed E-state index contributed by atoms with van der Waals surface area (Å²) in [5.41, 5.74) is 5.26. The minimum Gasteiger partial charge on any atom is -0.497 e. The molecular formula is C30H38BrN5O2. The van der Waals surface area contributed by atoms with E-state index in [2.05, 4.69) is 73.1 Å². The van der Waals surface area contributed by atoms with E-state index < -0.39 is 0 Å². The van der Waals surface area contributed by atoms with Gasteiger partial charge >= 0.3 is 0 Å². The van der Waals surface area contributed by atoms with Gasteiger partial charge in [0, 0.05) is 62.5 Å². The molecule has 1 aliphatic rings. The summed E-state index contributed by atoms with van der Waals surface area (Å²) in [7, 11) is 1.70. The number of hydrogen-bond donors (Lipinski definition) is 1. The molecule has 1 fully saturated rings. The van der Waals surface area contributed by atoms with Crippen LogP contribution in [0.3, 0.4) is 0 Å². The molecule has 1 aliphatic heterocycles. The Morgan fingerprint density at radius 2 is 1.84 bits per heavy atom. The topological polar surface area (TPSA) is 70.6 Å². The second kappa shape index (κ2) is 13.2. The lowest BCUT2D eigenvalue weighted by Crippen LogP contribution is -2.48. The largest absolute Gasteiger partial charge is 0.497 e. The summed E-state index contributed by atoms with van der Waals surface area (Å²) in [6.07, 6.45) is 8.63. The summed E-state index contributed by atoms with van der Waals surface area (Å²) in [4.78, 5) is 26.4. The Bertz CT molecular complexity index is 1190. The Morgan fingerprint density at radius 3 is 2.50 bits per heavy atom. The van der Waals surface area contributed by atoms with Gasteiger partial charge in [0.05, 0.1) is 12.7 Å². The molecule has 38 heavy (non-hydrogen) atoms. The van der Waals surface area contributed by atoms with Crippen LogP contribution in [0.5, 0.6) is 5.75 Å². The number of pyridine rings is 2. The van der Waals surface area contributed by atoms with E-state index >= 15 is 0 Å². The second-order valence-corrected chi connectivity index (χ2v) is 10.8. The molecule has 1 amide bonds. The van der Waals surface area contributed by atoms with Gasteiger partial charge in [-0.25, -0.2) is 4.98 Å². The van der Waals surface area contributed by atoms with Gasteiger partial charge in [0.1, 0.15) is 10.4 Å². The number of methoxy groups -OCH3 is 1. The Balaban J connectivity index is 1.34. The fraction of sp³-hybridized carbons (Fsp3) is 0.433. The van der Waals surface area contributed by atoms with E-state index in [1.54, 1.807) is 13.3 Å². The third-order valence-electron chi connectivity index (χ3n) is 7.64. The molecule has 1 aromatic carbocycles. The summed E-state index contributed by atoms with van der Waals surface area (Å²) >= 11 is 3.40. The first-order valence-corrected chi connectivity index (χ1v) is 14.1. The number of nitrogens with zero attached hydrogens (tertiary/aromatic N) is 4. The van der Waals surface area contributed by atoms with Gasteiger partial charge in [-0.1, -0.05) is 0 Å². The van der Waals surface area contributed by atoms with Crippen molar-refractivity contribution in [2.75, 3.05) is 31.6 Å². The van der Waals surface area contributed by atoms with E-state index in [4.69, 9.17) is 4.74 Å². The molecule has 202 valence electrons. The van der Waals surface area contributed by atoms with Crippen LogP contribution in [-0.4, -0.2) is 59.6 Å². The number of likely N-dealkylation sites (tertiary alicyclic amines) is 1. The van der Waals surface area contributed by atoms with Gasteiger partial charge in [0.15, 0.2) is 0 Å². The zero-order valence-electron chi connectivity index (χ0n) is 22.8. The minimum atomic E-state index is -0.0748. The van der Waals surface area contributed by atoms with Crippen LogP contribution in [0.15, 0.2) is 59.6 Å². The Kier molecular flexibility index (Phi) is 9.74. The molecule has 2 aromatic heterocycles. The summed E-state index contributed by atoms with van der Waals surface area (Å²) in [5, 5.41) is 3.08. The average molecular weight is 581 g/mol. The molecule has 7 nitrogen and oxygen atoms in total. The standard InChI is InChI=1S/C30H38BrN5O2/c1-21-9-14-32-19-24(21)20-36(25-5-7-27(38-4)8-6-25)26-12-17-35(18-13-26)23(3)11-16-34-30(37)28-22(2)10-15-33-29(28)31/h5-10,14-15,19,23,26H,11-13,16-18,20H2,1-4H3,(H,34,37). The second-order valence-electron chi connectivity index (χ2n) is 10.1. The third-order valence-corrected chi connectivity index (χ3v) is 8.24. The molecule has 0 bridgehead atoms. The highest BCUT2D eigenvalue weighted by Gasteiger charge is 2.27. The number of nitrogens with one attached hydrogen (secondary N) is 1. The molecule has 1 N–H and O–H groups in total. The van der Waals surface area contributed by atoms with E-state index in [0.717, 1.165) is 50.2 Å². The number of ether oxygens (including phenoxy) is 1. The monoisotopic (exact) mass is 579 g/mol. The van der Waals surface area contributed by atoms with Crippen molar-refractivity contribution in [3.8, 4) is 5.75 Å². The Labute approximate surface area is 234 Å². The van der Waals surface area contributed by atoms with Gasteiger partial charge in [-0.05, 0) is 109 Å². The van der Waals surface area contributed by atoms with Crippen molar-refractivity contribution in [2.24, 2.45) is 0 Å². The van der Waals surface area contributed by atoms with Crippen molar-refractivity contribution in [3.05, 3.63) is 81.8 Å². The number of benzene rings is 1. The van der Waals surface area contributed by atoms with Gasteiger partial charge in [-0.15, -0.1) is 0 Å². The van der Waals surface area contributed by atoms with Gasteiger partial charge in [-0.3, -0.25) is 9.78 Å². The molecule has 4 rings (SSSR count). The van der Waals surface area contributed by atoms with Crippen LogP contribution in [0.4, 0.5) is 5.69 Å². The first kappa shape index (κ1) is 28.0. The molecule has 3 aromatic rings. The number of amides is 1. The zero-order chi connectivity index (χ0) is 27.1. The molecule has 1 saturated heterocycles. The molecular weight excluding hydrogens is 542 g/mol. The lowest BCUT2D eigenvalue weighted by molar-refractivity contribution is 0.0943. The number of carbonyl (C=O) groups excluding carboxylic acids is 1. The van der Waals surface area contributed by atoms with Crippen LogP contribution in [0.25, 0.3) is 0 Å². The van der Waals surface area contributed by atoms with E-state index in [1.165, 1.54) is 16.8 Å². The van der Waals surface area contributed by atoms with Crippen molar-refractivity contribution < 1.29 is 9.53 Å². The van der Waals surface area contributed by atoms with Crippen LogP contribution in [-0.2, 0) is 6.54 Å². The number of aryl methyl sites for hydroxylation is 2. The SMILES string of the molecule is COc1ccc(N(Cc2cnccc2C)C2CCN(C(C)CCNC(=O)c3c(C)ccnc3Br)CC2)cc1. The predicted molar refractivity (Wildman–Crippen MR) is 156 cm³/mol. The maximum Gasteiger partial charge on any atom is 0.254 e. The Morgan fingerprint density at radius 1 is 1.13 bits per heavy atom. The van der Waals surface area contributed by atoms with Crippen molar-refractivity contribution in [1.82, 2.24) is 20.2 Å². The van der Waals surface area contributed by atoms with Crippen LogP contribution >= 0.6 is 15.9 Å². The number of anilines is 1. The lowest BCUT2D eigenvalue weighted by atomic mass is 9.99. The first-order valence-electron chi connectivity index (χ1n) is 13.3. The van der Waals surface area contributed by atoms with Crippen molar-refractivity contribution in [2.45, 2.75) is 58.7 Å². The highest BCUT2D eigenvalue weighted by Crippen LogP contribution is 2.29. The zero-order valence-corrected chi connectivity index (χ0v) is 24.4. The maximum atomic E-state index is 12.7. The van der Waals surface area contributed by atoms with Gasteiger partial charge < -0.3 is 19.9 Å². The number of halogens is 1. The molecule has 3 heterocycles. The Hall–Kier alpha value is -2.97. The number of hydrogen-bond acceptors (Lipinski definition) is 6. The number of carbonyl (C=O) groups is 1. The summed E-state index contributed by atoms with van der Waals surface area (Å²) in [6, 6.07) is 13.2. The van der Waals surface area contributed by atoms with Crippen LogP contribution in [0, 0.1) is 13.8 Å². The van der Waals surface area contributed by atoms with Crippen molar-refractivity contribution in [1.29, 1.82) is 0 Å². The molecule has 1 unspecified atom stereocenters. The summed E-state index contributed by atoms with van der Waals surface area (Å²) < 4.78 is 5.98. The normalized spacial score (nSPS) is 15.2. The van der Waals surface area contributed by atoms with Crippen LogP contribution < -0.4 is 15.0 Å². The van der Waals surface area contributed by atoms with Gasteiger partial charge in [-0.2, -0.15) is 0 Å². The molecule has 1 atom stereocenters. The van der Waals surface area contributed by atoms with Crippen LogP contribution in [0.2, 0.25) is 0 Å². The van der Waals surface area contributed by atoms with Crippen molar-refractivity contribution >= 4 is 27.5 Å². The first-order chi connectivity index (χ1) is 18.4. The third kappa shape index (κ3) is 6.91. The average Bonchev–Trinajstić information content (AvgIpc) is 2.93. The van der Waals surface area contributed by atoms with Gasteiger partial charge in [0.25, 0.3) is 5.91 Å². The fourth-order valence-corrected chi connectivity index (χ4v) is 5.76. The summed E-state index contributed by atoms with van der Waals surface area (Å²) in [6.45, 7) is 9.88. The molecule has 0 aliphatic carbocycles. The molecule has 0 radical (unpaired) electrons. The lowest BCUT2D eigenvalue weighted by Gasteiger charge is -2.42. The smallest absolute Gasteiger partial charge is 0.254 e. The number of rotatable bonds is 10. The van der Waals surface area contributed by atoms with Gasteiger partial charge in [0.2, 0.25) is 0 Å². The van der Waals surface area contributed by atoms with E-state index in [1.807, 2.05) is 37.5 Å². The van der Waals surface area contributed by atoms with E-state index in [0.29, 0.717) is 28.8 Å². The number of aromatic nitrogens is 2. The highest BCUT2D eigenvalue weighted by molar-refractivity contribution is 9.10. The predicted octanol–water partition coefficient (Wildman–Crippen LogP) is 5.54.